The van der Waals surface area contributed by atoms with Gasteiger partial charge in [0.05, 0.1) is 0 Å². The fourth-order valence-electron chi connectivity index (χ4n) is 0.816. The van der Waals surface area contributed by atoms with E-state index in [-0.39, 0.29) is 5.75 Å². The van der Waals surface area contributed by atoms with Crippen molar-refractivity contribution in [3.63, 3.8) is 0 Å². The van der Waals surface area contributed by atoms with Crippen molar-refractivity contribution in [2.45, 2.75) is 6.92 Å². The Labute approximate surface area is 69.6 Å². The summed E-state index contributed by atoms with van der Waals surface area (Å²) >= 11 is 0. The van der Waals surface area contributed by atoms with Crippen molar-refractivity contribution in [3.8, 4) is 5.75 Å². The zero-order chi connectivity index (χ0) is 9.14. The number of phenolic OH excluding ortho intramolecular Hbond substituents is 1. The van der Waals surface area contributed by atoms with Gasteiger partial charge in [0, 0.05) is 12.5 Å². The van der Waals surface area contributed by atoms with Gasteiger partial charge in [-0.2, -0.15) is 0 Å². The van der Waals surface area contributed by atoms with Crippen LogP contribution in [0.3, 0.4) is 0 Å². The van der Waals surface area contributed by atoms with Crippen LogP contribution in [0.1, 0.15) is 17.3 Å². The minimum atomic E-state index is -0.532. The summed E-state index contributed by atoms with van der Waals surface area (Å²) in [6, 6.07) is 5.57. The lowest BCUT2D eigenvalue weighted by Gasteiger charge is -1.95. The molecule has 0 aromatic heterocycles. The van der Waals surface area contributed by atoms with Crippen molar-refractivity contribution in [1.29, 1.82) is 0 Å². The highest BCUT2D eigenvalue weighted by Crippen LogP contribution is 2.10. The molecule has 62 valence electrons. The topological polar surface area (TPSA) is 54.4 Å². The molecule has 0 heterocycles. The van der Waals surface area contributed by atoms with E-state index < -0.39 is 11.6 Å². The maximum atomic E-state index is 11.0. The smallest absolute Gasteiger partial charge is 0.228 e. The molecule has 0 bridgehead atoms. The van der Waals surface area contributed by atoms with E-state index in [4.69, 9.17) is 5.11 Å². The number of benzene rings is 1. The van der Waals surface area contributed by atoms with Gasteiger partial charge in [-0.15, -0.1) is 0 Å². The van der Waals surface area contributed by atoms with Crippen molar-refractivity contribution < 1.29 is 14.7 Å². The monoisotopic (exact) mass is 164 g/mol. The van der Waals surface area contributed by atoms with Gasteiger partial charge < -0.3 is 5.11 Å². The first-order valence-electron chi connectivity index (χ1n) is 3.45. The van der Waals surface area contributed by atoms with E-state index in [0.29, 0.717) is 5.56 Å². The molecule has 1 aromatic carbocycles. The molecule has 0 saturated heterocycles. The van der Waals surface area contributed by atoms with Crippen LogP contribution < -0.4 is 0 Å². The Bertz CT molecular complexity index is 311. The Morgan fingerprint density at radius 1 is 1.17 bits per heavy atom. The summed E-state index contributed by atoms with van der Waals surface area (Å²) in [7, 11) is 0. The first-order chi connectivity index (χ1) is 5.61. The van der Waals surface area contributed by atoms with Crippen molar-refractivity contribution in [2.24, 2.45) is 0 Å². The second kappa shape index (κ2) is 3.17. The molecule has 3 heteroatoms. The van der Waals surface area contributed by atoms with Gasteiger partial charge in [-0.3, -0.25) is 9.59 Å². The van der Waals surface area contributed by atoms with Gasteiger partial charge in [-0.25, -0.2) is 0 Å². The summed E-state index contributed by atoms with van der Waals surface area (Å²) in [5.41, 5.74) is 0.306. The molecule has 0 radical (unpaired) electrons. The molecular weight excluding hydrogens is 156 g/mol. The number of rotatable bonds is 2. The molecule has 0 saturated carbocycles. The van der Waals surface area contributed by atoms with E-state index >= 15 is 0 Å². The minimum Gasteiger partial charge on any atom is -0.508 e. The van der Waals surface area contributed by atoms with Gasteiger partial charge in [0.15, 0.2) is 5.78 Å². The predicted octanol–water partition coefficient (Wildman–Crippen LogP) is 1.16. The Kier molecular flexibility index (Phi) is 2.24. The molecule has 0 aliphatic heterocycles. The zero-order valence-corrected chi connectivity index (χ0v) is 6.57. The molecule has 0 spiro atoms. The standard InChI is InChI=1S/C9H8O3/c1-6(10)9(12)7-2-4-8(11)5-3-7/h2-5,11H,1H3. The lowest BCUT2D eigenvalue weighted by Crippen LogP contribution is -2.08. The molecule has 0 fully saturated rings. The molecule has 1 N–H and O–H groups in total. The summed E-state index contributed by atoms with van der Waals surface area (Å²) in [6.07, 6.45) is 0. The van der Waals surface area contributed by atoms with E-state index in [1.165, 1.54) is 31.2 Å². The van der Waals surface area contributed by atoms with Gasteiger partial charge in [0.2, 0.25) is 5.78 Å². The summed E-state index contributed by atoms with van der Waals surface area (Å²) in [4.78, 5) is 21.6. The minimum absolute atomic E-state index is 0.0788. The number of Topliss-reactive ketones (excluding diaryl/α,β-unsaturated/α-hetero) is 2. The molecule has 3 nitrogen and oxygen atoms in total. The Hall–Kier alpha value is -1.64. The van der Waals surface area contributed by atoms with Crippen LogP contribution in [0.4, 0.5) is 0 Å². The predicted molar refractivity (Wildman–Crippen MR) is 43.1 cm³/mol. The lowest BCUT2D eigenvalue weighted by molar-refractivity contribution is -0.113. The number of phenols is 1. The van der Waals surface area contributed by atoms with Gasteiger partial charge in [-0.05, 0) is 24.3 Å². The van der Waals surface area contributed by atoms with Crippen molar-refractivity contribution in [1.82, 2.24) is 0 Å². The quantitative estimate of drug-likeness (QED) is 0.527. The number of aromatic hydroxyl groups is 1. The Morgan fingerprint density at radius 3 is 2.08 bits per heavy atom. The van der Waals surface area contributed by atoms with Gasteiger partial charge >= 0.3 is 0 Å². The lowest BCUT2D eigenvalue weighted by atomic mass is 10.1. The van der Waals surface area contributed by atoms with Gasteiger partial charge in [-0.1, -0.05) is 0 Å². The number of hydrogen-bond donors (Lipinski definition) is 1. The summed E-state index contributed by atoms with van der Waals surface area (Å²) < 4.78 is 0. The average molecular weight is 164 g/mol. The van der Waals surface area contributed by atoms with E-state index in [2.05, 4.69) is 0 Å². The molecule has 1 aromatic rings. The van der Waals surface area contributed by atoms with Crippen molar-refractivity contribution >= 4 is 11.6 Å². The largest absolute Gasteiger partial charge is 0.508 e. The first-order valence-corrected chi connectivity index (χ1v) is 3.45. The summed E-state index contributed by atoms with van der Waals surface area (Å²) in [5, 5.41) is 8.88. The van der Waals surface area contributed by atoms with Crippen LogP contribution in [0.15, 0.2) is 24.3 Å². The highest BCUT2D eigenvalue weighted by Gasteiger charge is 2.09. The van der Waals surface area contributed by atoms with Crippen molar-refractivity contribution in [3.05, 3.63) is 29.8 Å². The van der Waals surface area contributed by atoms with Crippen LogP contribution in [0.25, 0.3) is 0 Å². The Morgan fingerprint density at radius 2 is 1.67 bits per heavy atom. The maximum absolute atomic E-state index is 11.0. The van der Waals surface area contributed by atoms with Crippen molar-refractivity contribution in [2.75, 3.05) is 0 Å². The number of carbonyl (C=O) groups excluding carboxylic acids is 2. The van der Waals surface area contributed by atoms with Crippen LogP contribution in [-0.2, 0) is 4.79 Å². The molecule has 0 aliphatic carbocycles. The molecular formula is C9H8O3. The van der Waals surface area contributed by atoms with Gasteiger partial charge in [0.25, 0.3) is 0 Å². The van der Waals surface area contributed by atoms with E-state index in [1.54, 1.807) is 0 Å². The number of ketones is 2. The fourth-order valence-corrected chi connectivity index (χ4v) is 0.816. The first kappa shape index (κ1) is 8.46. The molecule has 0 amide bonds. The summed E-state index contributed by atoms with van der Waals surface area (Å²) in [6.45, 7) is 1.22. The highest BCUT2D eigenvalue weighted by atomic mass is 16.3. The second-order valence-corrected chi connectivity index (χ2v) is 2.43. The van der Waals surface area contributed by atoms with Crippen LogP contribution in [-0.4, -0.2) is 16.7 Å². The third kappa shape index (κ3) is 1.69. The number of hydrogen-bond acceptors (Lipinski definition) is 3. The third-order valence-corrected chi connectivity index (χ3v) is 1.45. The summed E-state index contributed by atoms with van der Waals surface area (Å²) in [5.74, 6) is -0.953. The molecule has 12 heavy (non-hydrogen) atoms. The number of carbonyl (C=O) groups is 2. The van der Waals surface area contributed by atoms with E-state index in [9.17, 15) is 9.59 Å². The molecule has 0 unspecified atom stereocenters. The molecule has 0 aliphatic rings. The van der Waals surface area contributed by atoms with Gasteiger partial charge in [0.1, 0.15) is 5.75 Å². The SMILES string of the molecule is CC(=O)C(=O)c1ccc(O)cc1. The molecule has 0 atom stereocenters. The van der Waals surface area contributed by atoms with Crippen LogP contribution in [0.5, 0.6) is 5.75 Å². The second-order valence-electron chi connectivity index (χ2n) is 2.43. The highest BCUT2D eigenvalue weighted by molar-refractivity contribution is 6.42. The maximum Gasteiger partial charge on any atom is 0.228 e. The third-order valence-electron chi connectivity index (χ3n) is 1.45. The average Bonchev–Trinajstić information content (AvgIpc) is 2.04. The van der Waals surface area contributed by atoms with Crippen LogP contribution >= 0.6 is 0 Å². The Balaban J connectivity index is 2.98. The van der Waals surface area contributed by atoms with Crippen LogP contribution in [0, 0.1) is 0 Å². The normalized spacial score (nSPS) is 9.42. The van der Waals surface area contributed by atoms with E-state index in [0.717, 1.165) is 0 Å². The van der Waals surface area contributed by atoms with E-state index in [1.807, 2.05) is 0 Å². The van der Waals surface area contributed by atoms with Crippen LogP contribution in [0.2, 0.25) is 0 Å². The fraction of sp³-hybridized carbons (Fsp3) is 0.111. The zero-order valence-electron chi connectivity index (χ0n) is 6.57. The molecule has 1 rings (SSSR count).